The van der Waals surface area contributed by atoms with Gasteiger partial charge in [-0.25, -0.2) is 0 Å². The highest BCUT2D eigenvalue weighted by molar-refractivity contribution is 5.76. The summed E-state index contributed by atoms with van der Waals surface area (Å²) in [6, 6.07) is 8.14. The summed E-state index contributed by atoms with van der Waals surface area (Å²) in [5.74, 6) is 0.845. The quantitative estimate of drug-likeness (QED) is 0.816. The second-order valence-electron chi connectivity index (χ2n) is 6.01. The van der Waals surface area contributed by atoms with Crippen LogP contribution in [0.1, 0.15) is 24.8 Å². The molecule has 0 spiro atoms. The highest BCUT2D eigenvalue weighted by Crippen LogP contribution is 2.27. The van der Waals surface area contributed by atoms with Crippen LogP contribution in [-0.4, -0.2) is 36.5 Å². The van der Waals surface area contributed by atoms with Gasteiger partial charge in [-0.05, 0) is 49.9 Å². The Morgan fingerprint density at radius 3 is 2.70 bits per heavy atom. The first-order chi connectivity index (χ1) is 9.72. The third-order valence-electron chi connectivity index (χ3n) is 4.68. The maximum atomic E-state index is 12.1. The van der Waals surface area contributed by atoms with E-state index >= 15 is 0 Å². The first kappa shape index (κ1) is 13.4. The largest absolute Gasteiger partial charge is 0.399 e. The molecule has 4 rings (SSSR count). The zero-order valence-electron chi connectivity index (χ0n) is 11.8. The lowest BCUT2D eigenvalue weighted by Crippen LogP contribution is -2.57. The van der Waals surface area contributed by atoms with E-state index in [0.717, 1.165) is 24.2 Å². The van der Waals surface area contributed by atoms with Gasteiger partial charge in [-0.1, -0.05) is 18.2 Å². The highest BCUT2D eigenvalue weighted by Gasteiger charge is 2.34. The molecule has 3 N–H and O–H groups in total. The van der Waals surface area contributed by atoms with Crippen molar-refractivity contribution in [2.45, 2.75) is 31.7 Å². The molecule has 0 saturated carbocycles. The normalized spacial score (nSPS) is 28.3. The fourth-order valence-corrected chi connectivity index (χ4v) is 3.42. The van der Waals surface area contributed by atoms with Gasteiger partial charge in [0, 0.05) is 24.7 Å². The lowest BCUT2D eigenvalue weighted by Gasteiger charge is -2.44. The number of para-hydroxylation sites is 1. The second kappa shape index (κ2) is 5.83. The molecule has 0 radical (unpaired) electrons. The first-order valence-electron chi connectivity index (χ1n) is 7.57. The molecule has 1 amide bonds. The number of piperidine rings is 3. The Hall–Kier alpha value is -1.55. The number of aryl methyl sites for hydroxylation is 1. The van der Waals surface area contributed by atoms with Crippen molar-refractivity contribution < 1.29 is 4.79 Å². The van der Waals surface area contributed by atoms with Gasteiger partial charge < -0.3 is 16.0 Å². The van der Waals surface area contributed by atoms with Gasteiger partial charge in [0.1, 0.15) is 0 Å². The van der Waals surface area contributed by atoms with Crippen molar-refractivity contribution in [3.05, 3.63) is 29.8 Å². The van der Waals surface area contributed by atoms with E-state index in [0.29, 0.717) is 18.4 Å². The van der Waals surface area contributed by atoms with Crippen LogP contribution >= 0.6 is 0 Å². The van der Waals surface area contributed by atoms with E-state index in [-0.39, 0.29) is 5.91 Å². The Morgan fingerprint density at radius 2 is 2.05 bits per heavy atom. The van der Waals surface area contributed by atoms with Gasteiger partial charge in [0.2, 0.25) is 5.91 Å². The summed E-state index contributed by atoms with van der Waals surface area (Å²) in [5.41, 5.74) is 7.75. The predicted molar refractivity (Wildman–Crippen MR) is 80.3 cm³/mol. The Kier molecular flexibility index (Phi) is 3.92. The van der Waals surface area contributed by atoms with Crippen molar-refractivity contribution in [1.82, 2.24) is 10.2 Å². The Bertz CT molecular complexity index is 480. The summed E-state index contributed by atoms with van der Waals surface area (Å²) in [6.07, 6.45) is 3.71. The van der Waals surface area contributed by atoms with Gasteiger partial charge in [-0.3, -0.25) is 4.79 Å². The molecule has 4 heteroatoms. The number of rotatable bonds is 4. The van der Waals surface area contributed by atoms with Gasteiger partial charge in [-0.15, -0.1) is 0 Å². The lowest BCUT2D eigenvalue weighted by molar-refractivity contribution is -0.123. The second-order valence-corrected chi connectivity index (χ2v) is 6.01. The number of benzene rings is 1. The Morgan fingerprint density at radius 1 is 1.30 bits per heavy atom. The predicted octanol–water partition coefficient (Wildman–Crippen LogP) is 1.41. The molecule has 4 nitrogen and oxygen atoms in total. The molecule has 0 aromatic heterocycles. The van der Waals surface area contributed by atoms with Crippen molar-refractivity contribution in [2.24, 2.45) is 5.92 Å². The number of hydrogen-bond donors (Lipinski definition) is 2. The molecule has 1 unspecified atom stereocenters. The molecule has 3 saturated heterocycles. The minimum absolute atomic E-state index is 0.159. The number of nitrogens with two attached hydrogens (primary N) is 1. The molecule has 3 aliphatic rings. The van der Waals surface area contributed by atoms with Crippen LogP contribution in [0.4, 0.5) is 5.69 Å². The van der Waals surface area contributed by atoms with Crippen molar-refractivity contribution >= 4 is 11.6 Å². The van der Waals surface area contributed by atoms with E-state index in [1.54, 1.807) is 0 Å². The first-order valence-corrected chi connectivity index (χ1v) is 7.57. The Labute approximate surface area is 120 Å². The number of anilines is 1. The number of nitrogen functional groups attached to an aromatic ring is 1. The third kappa shape index (κ3) is 2.96. The van der Waals surface area contributed by atoms with E-state index in [1.165, 1.54) is 25.9 Å². The molecule has 108 valence electrons. The van der Waals surface area contributed by atoms with Crippen molar-refractivity contribution in [1.29, 1.82) is 0 Å². The van der Waals surface area contributed by atoms with Crippen LogP contribution < -0.4 is 11.1 Å². The molecule has 1 aromatic carbocycles. The number of fused-ring (bicyclic) bond motifs is 3. The van der Waals surface area contributed by atoms with E-state index in [4.69, 9.17) is 5.73 Å². The van der Waals surface area contributed by atoms with Gasteiger partial charge in [0.15, 0.2) is 0 Å². The van der Waals surface area contributed by atoms with Gasteiger partial charge in [0.05, 0.1) is 0 Å². The van der Waals surface area contributed by atoms with Gasteiger partial charge in [-0.2, -0.15) is 0 Å². The summed E-state index contributed by atoms with van der Waals surface area (Å²) in [4.78, 5) is 14.6. The summed E-state index contributed by atoms with van der Waals surface area (Å²) in [5, 5.41) is 3.22. The van der Waals surface area contributed by atoms with Crippen LogP contribution in [-0.2, 0) is 11.2 Å². The molecule has 1 atom stereocenters. The summed E-state index contributed by atoms with van der Waals surface area (Å²) < 4.78 is 0. The number of nitrogens with one attached hydrogen (secondary N) is 1. The average Bonchev–Trinajstić information content (AvgIpc) is 2.48. The van der Waals surface area contributed by atoms with Crippen LogP contribution in [0.3, 0.4) is 0 Å². The standard InChI is InChI=1S/C16H23N3O/c17-14-4-2-1-3-12(14)5-6-16(20)18-15-11-19-9-7-13(15)8-10-19/h1-4,13,15H,5-11,17H2,(H,18,20). The van der Waals surface area contributed by atoms with E-state index in [2.05, 4.69) is 10.2 Å². The molecular weight excluding hydrogens is 250 g/mol. The van der Waals surface area contributed by atoms with Crippen molar-refractivity contribution in [3.63, 3.8) is 0 Å². The summed E-state index contributed by atoms with van der Waals surface area (Å²) in [7, 11) is 0. The summed E-state index contributed by atoms with van der Waals surface area (Å²) >= 11 is 0. The van der Waals surface area contributed by atoms with Crippen molar-refractivity contribution in [2.75, 3.05) is 25.4 Å². The monoisotopic (exact) mass is 273 g/mol. The van der Waals surface area contributed by atoms with Crippen LogP contribution in [0.5, 0.6) is 0 Å². The zero-order valence-corrected chi connectivity index (χ0v) is 11.8. The molecular formula is C16H23N3O. The fourth-order valence-electron chi connectivity index (χ4n) is 3.42. The number of carbonyl (C=O) groups is 1. The summed E-state index contributed by atoms with van der Waals surface area (Å²) in [6.45, 7) is 3.44. The number of amides is 1. The van der Waals surface area contributed by atoms with Crippen LogP contribution in [0.25, 0.3) is 0 Å². The Balaban J connectivity index is 1.49. The zero-order chi connectivity index (χ0) is 13.9. The number of nitrogens with zero attached hydrogens (tertiary/aromatic N) is 1. The third-order valence-corrected chi connectivity index (χ3v) is 4.68. The minimum Gasteiger partial charge on any atom is -0.399 e. The van der Waals surface area contributed by atoms with Crippen LogP contribution in [0, 0.1) is 5.92 Å². The number of hydrogen-bond acceptors (Lipinski definition) is 3. The van der Waals surface area contributed by atoms with Gasteiger partial charge in [0.25, 0.3) is 0 Å². The SMILES string of the molecule is Nc1ccccc1CCC(=O)NC1CN2CCC1CC2. The molecule has 3 aliphatic heterocycles. The lowest BCUT2D eigenvalue weighted by atomic mass is 9.84. The average molecular weight is 273 g/mol. The van der Waals surface area contributed by atoms with E-state index in [1.807, 2.05) is 24.3 Å². The van der Waals surface area contributed by atoms with Gasteiger partial charge >= 0.3 is 0 Å². The maximum Gasteiger partial charge on any atom is 0.220 e. The number of carbonyl (C=O) groups excluding carboxylic acids is 1. The molecule has 2 bridgehead atoms. The van der Waals surface area contributed by atoms with E-state index < -0.39 is 0 Å². The maximum absolute atomic E-state index is 12.1. The highest BCUT2D eigenvalue weighted by atomic mass is 16.1. The van der Waals surface area contributed by atoms with E-state index in [9.17, 15) is 4.79 Å². The topological polar surface area (TPSA) is 58.4 Å². The molecule has 1 aromatic rings. The molecule has 20 heavy (non-hydrogen) atoms. The molecule has 3 fully saturated rings. The van der Waals surface area contributed by atoms with Crippen molar-refractivity contribution in [3.8, 4) is 0 Å². The van der Waals surface area contributed by atoms with Crippen LogP contribution in [0.15, 0.2) is 24.3 Å². The minimum atomic E-state index is 0.159. The molecule has 3 heterocycles. The fraction of sp³-hybridized carbons (Fsp3) is 0.562. The van der Waals surface area contributed by atoms with Crippen LogP contribution in [0.2, 0.25) is 0 Å². The smallest absolute Gasteiger partial charge is 0.220 e. The molecule has 0 aliphatic carbocycles.